The summed E-state index contributed by atoms with van der Waals surface area (Å²) in [6, 6.07) is 40.9. The molecule has 0 spiro atoms. The molecule has 1 heterocycles. The Morgan fingerprint density at radius 1 is 0.559 bits per heavy atom. The van der Waals surface area contributed by atoms with E-state index in [0.29, 0.717) is 6.61 Å². The first-order valence-corrected chi connectivity index (χ1v) is 11.3. The molecule has 0 fully saturated rings. The molecule has 34 heavy (non-hydrogen) atoms. The maximum atomic E-state index is 5.98. The third-order valence-electron chi connectivity index (χ3n) is 5.74. The lowest BCUT2D eigenvalue weighted by Gasteiger charge is -2.13. The fourth-order valence-electron chi connectivity index (χ4n) is 3.90. The number of pyridine rings is 1. The fraction of sp³-hybridized carbons (Fsp3) is 0.0645. The molecular formula is C31H25NO2. The van der Waals surface area contributed by atoms with Gasteiger partial charge in [-0.3, -0.25) is 0 Å². The van der Waals surface area contributed by atoms with E-state index in [1.54, 1.807) is 7.11 Å². The van der Waals surface area contributed by atoms with Crippen molar-refractivity contribution < 1.29 is 9.47 Å². The van der Waals surface area contributed by atoms with Crippen LogP contribution >= 0.6 is 0 Å². The molecule has 0 atom stereocenters. The van der Waals surface area contributed by atoms with Gasteiger partial charge in [0, 0.05) is 16.7 Å². The van der Waals surface area contributed by atoms with Crippen LogP contribution in [-0.2, 0) is 6.61 Å². The van der Waals surface area contributed by atoms with Gasteiger partial charge in [0.2, 0.25) is 0 Å². The van der Waals surface area contributed by atoms with E-state index in [9.17, 15) is 0 Å². The van der Waals surface area contributed by atoms with Crippen LogP contribution in [0.25, 0.3) is 33.6 Å². The Balaban J connectivity index is 1.49. The zero-order valence-electron chi connectivity index (χ0n) is 19.0. The lowest BCUT2D eigenvalue weighted by Crippen LogP contribution is -1.96. The van der Waals surface area contributed by atoms with Crippen molar-refractivity contribution in [3.63, 3.8) is 0 Å². The fourth-order valence-corrected chi connectivity index (χ4v) is 3.90. The summed E-state index contributed by atoms with van der Waals surface area (Å²) in [6.45, 7) is 0.541. The minimum absolute atomic E-state index is 0.541. The Labute approximate surface area is 200 Å². The minimum Gasteiger partial charge on any atom is -0.497 e. The Bertz CT molecular complexity index is 1350. The second-order valence-corrected chi connectivity index (χ2v) is 7.99. The number of aromatic nitrogens is 1. The molecule has 0 aliphatic rings. The lowest BCUT2D eigenvalue weighted by atomic mass is 9.97. The molecule has 0 aliphatic heterocycles. The van der Waals surface area contributed by atoms with Gasteiger partial charge >= 0.3 is 0 Å². The molecule has 5 rings (SSSR count). The quantitative estimate of drug-likeness (QED) is 0.259. The van der Waals surface area contributed by atoms with Crippen LogP contribution < -0.4 is 9.47 Å². The molecule has 3 nitrogen and oxygen atoms in total. The first-order valence-electron chi connectivity index (χ1n) is 11.3. The van der Waals surface area contributed by atoms with E-state index < -0.39 is 0 Å². The van der Waals surface area contributed by atoms with Crippen molar-refractivity contribution in [2.75, 3.05) is 7.11 Å². The smallest absolute Gasteiger partial charge is 0.119 e. The highest BCUT2D eigenvalue weighted by atomic mass is 16.5. The zero-order valence-corrected chi connectivity index (χ0v) is 19.0. The number of hydrogen-bond acceptors (Lipinski definition) is 3. The van der Waals surface area contributed by atoms with E-state index in [0.717, 1.165) is 50.7 Å². The molecule has 166 valence electrons. The number of ether oxygens (including phenoxy) is 2. The molecule has 5 aromatic rings. The van der Waals surface area contributed by atoms with Crippen LogP contribution in [0, 0.1) is 0 Å². The summed E-state index contributed by atoms with van der Waals surface area (Å²) >= 11 is 0. The minimum atomic E-state index is 0.541. The highest BCUT2D eigenvalue weighted by Crippen LogP contribution is 2.34. The molecule has 0 N–H and O–H groups in total. The molecule has 0 bridgehead atoms. The summed E-state index contributed by atoms with van der Waals surface area (Å²) in [6.07, 6.45) is 0. The Morgan fingerprint density at radius 2 is 1.18 bits per heavy atom. The first kappa shape index (κ1) is 21.5. The van der Waals surface area contributed by atoms with Gasteiger partial charge in [-0.2, -0.15) is 0 Å². The van der Waals surface area contributed by atoms with Crippen molar-refractivity contribution in [1.82, 2.24) is 4.98 Å². The number of nitrogens with zero attached hydrogens (tertiary/aromatic N) is 1. The van der Waals surface area contributed by atoms with Gasteiger partial charge in [0.15, 0.2) is 0 Å². The van der Waals surface area contributed by atoms with Crippen molar-refractivity contribution in [2.45, 2.75) is 6.61 Å². The molecule has 0 amide bonds. The van der Waals surface area contributed by atoms with E-state index >= 15 is 0 Å². The third-order valence-corrected chi connectivity index (χ3v) is 5.74. The van der Waals surface area contributed by atoms with Crippen LogP contribution in [0.4, 0.5) is 0 Å². The van der Waals surface area contributed by atoms with Gasteiger partial charge in [-0.05, 0) is 53.6 Å². The topological polar surface area (TPSA) is 31.4 Å². The molecule has 0 aliphatic carbocycles. The molecule has 0 unspecified atom stereocenters. The number of benzene rings is 4. The summed E-state index contributed by atoms with van der Waals surface area (Å²) < 4.78 is 11.3. The lowest BCUT2D eigenvalue weighted by molar-refractivity contribution is 0.306. The van der Waals surface area contributed by atoms with Crippen molar-refractivity contribution >= 4 is 0 Å². The molecular weight excluding hydrogens is 418 g/mol. The van der Waals surface area contributed by atoms with Crippen LogP contribution in [0.15, 0.2) is 121 Å². The van der Waals surface area contributed by atoms with E-state index in [4.69, 9.17) is 14.5 Å². The van der Waals surface area contributed by atoms with Crippen LogP contribution in [0.3, 0.4) is 0 Å². The average Bonchev–Trinajstić information content (AvgIpc) is 2.93. The van der Waals surface area contributed by atoms with Crippen molar-refractivity contribution in [3.05, 3.63) is 127 Å². The van der Waals surface area contributed by atoms with Crippen LogP contribution in [-0.4, -0.2) is 12.1 Å². The zero-order chi connectivity index (χ0) is 23.2. The van der Waals surface area contributed by atoms with Crippen molar-refractivity contribution in [2.24, 2.45) is 0 Å². The summed E-state index contributed by atoms with van der Waals surface area (Å²) in [5, 5.41) is 0. The van der Waals surface area contributed by atoms with Gasteiger partial charge in [-0.25, -0.2) is 4.98 Å². The van der Waals surface area contributed by atoms with E-state index in [-0.39, 0.29) is 0 Å². The third kappa shape index (κ3) is 4.84. The van der Waals surface area contributed by atoms with Crippen LogP contribution in [0.5, 0.6) is 11.5 Å². The predicted molar refractivity (Wildman–Crippen MR) is 138 cm³/mol. The molecule has 3 heteroatoms. The van der Waals surface area contributed by atoms with Crippen molar-refractivity contribution in [3.8, 4) is 45.1 Å². The maximum Gasteiger partial charge on any atom is 0.119 e. The summed E-state index contributed by atoms with van der Waals surface area (Å²) in [4.78, 5) is 5.08. The van der Waals surface area contributed by atoms with Gasteiger partial charge in [-0.15, -0.1) is 0 Å². The second-order valence-electron chi connectivity index (χ2n) is 7.99. The first-order chi connectivity index (χ1) is 16.8. The average molecular weight is 444 g/mol. The summed E-state index contributed by atoms with van der Waals surface area (Å²) in [5.41, 5.74) is 7.31. The number of rotatable bonds is 7. The van der Waals surface area contributed by atoms with E-state index in [2.05, 4.69) is 60.7 Å². The molecule has 0 saturated heterocycles. The van der Waals surface area contributed by atoms with Gasteiger partial charge in [0.25, 0.3) is 0 Å². The molecule has 0 radical (unpaired) electrons. The summed E-state index contributed by atoms with van der Waals surface area (Å²) in [5.74, 6) is 1.66. The number of hydrogen-bond donors (Lipinski definition) is 0. The van der Waals surface area contributed by atoms with E-state index in [1.807, 2.05) is 60.7 Å². The summed E-state index contributed by atoms with van der Waals surface area (Å²) in [7, 11) is 1.68. The molecule has 1 aromatic heterocycles. The van der Waals surface area contributed by atoms with Gasteiger partial charge in [-0.1, -0.05) is 78.9 Å². The van der Waals surface area contributed by atoms with Crippen LogP contribution in [0.1, 0.15) is 5.56 Å². The van der Waals surface area contributed by atoms with Crippen molar-refractivity contribution in [1.29, 1.82) is 0 Å². The van der Waals surface area contributed by atoms with Crippen LogP contribution in [0.2, 0.25) is 0 Å². The standard InChI is InChI=1S/C31H25NO2/c1-33-27-16-12-24(13-17-27)29-20-21-30(25-10-6-3-7-11-25)32-31(29)26-14-18-28(19-15-26)34-22-23-8-4-2-5-9-23/h2-21H,22H2,1H3. The maximum absolute atomic E-state index is 5.98. The highest BCUT2D eigenvalue weighted by Gasteiger charge is 2.12. The Kier molecular flexibility index (Phi) is 6.35. The highest BCUT2D eigenvalue weighted by molar-refractivity contribution is 5.83. The Hall–Kier alpha value is -4.37. The Morgan fingerprint density at radius 3 is 1.85 bits per heavy atom. The largest absolute Gasteiger partial charge is 0.497 e. The van der Waals surface area contributed by atoms with Gasteiger partial charge in [0.05, 0.1) is 18.5 Å². The number of methoxy groups -OCH3 is 1. The molecule has 0 saturated carbocycles. The van der Waals surface area contributed by atoms with Gasteiger partial charge in [0.1, 0.15) is 18.1 Å². The second kappa shape index (κ2) is 10.1. The van der Waals surface area contributed by atoms with Gasteiger partial charge < -0.3 is 9.47 Å². The normalized spacial score (nSPS) is 10.6. The SMILES string of the molecule is COc1ccc(-c2ccc(-c3ccccc3)nc2-c2ccc(OCc3ccccc3)cc2)cc1. The monoisotopic (exact) mass is 443 g/mol. The van der Waals surface area contributed by atoms with E-state index in [1.165, 1.54) is 0 Å². The predicted octanol–water partition coefficient (Wildman–Crippen LogP) is 7.67. The molecule has 4 aromatic carbocycles.